The van der Waals surface area contributed by atoms with Crippen LogP contribution in [0, 0.1) is 0 Å². The van der Waals surface area contributed by atoms with Crippen molar-refractivity contribution in [3.8, 4) is 11.1 Å². The first-order chi connectivity index (χ1) is 14.3. The molecule has 30 heavy (non-hydrogen) atoms. The molecule has 4 rings (SSSR count). The van der Waals surface area contributed by atoms with Crippen LogP contribution in [-0.2, 0) is 0 Å². The standard InChI is InChI=1S/C26H30N4/c1-15-17(3)27-19(5)29-25(15)23-11-7-21(8-12-23)22-9-13-24(14-10-22)26-16(2)18(4)28-20(6)30-26/h7-14,17,20,28H,1-6H3,(H,27,29). The highest BCUT2D eigenvalue weighted by Gasteiger charge is 2.18. The molecule has 0 saturated heterocycles. The highest BCUT2D eigenvalue weighted by atomic mass is 15.1. The van der Waals surface area contributed by atoms with E-state index in [1.54, 1.807) is 0 Å². The van der Waals surface area contributed by atoms with Gasteiger partial charge in [0.25, 0.3) is 0 Å². The molecule has 2 heterocycles. The van der Waals surface area contributed by atoms with E-state index in [9.17, 15) is 0 Å². The highest BCUT2D eigenvalue weighted by Crippen LogP contribution is 2.28. The van der Waals surface area contributed by atoms with E-state index < -0.39 is 0 Å². The Hall–Kier alpha value is -3.14. The van der Waals surface area contributed by atoms with Gasteiger partial charge in [-0.1, -0.05) is 48.5 Å². The van der Waals surface area contributed by atoms with E-state index in [2.05, 4.69) is 93.8 Å². The lowest BCUT2D eigenvalue weighted by atomic mass is 9.96. The van der Waals surface area contributed by atoms with Crippen molar-refractivity contribution in [2.24, 2.45) is 9.98 Å². The Kier molecular flexibility index (Phi) is 5.33. The molecule has 0 saturated carbocycles. The van der Waals surface area contributed by atoms with Crippen LogP contribution in [0.4, 0.5) is 0 Å². The molecule has 2 aliphatic rings. The van der Waals surface area contributed by atoms with Gasteiger partial charge in [0.15, 0.2) is 0 Å². The van der Waals surface area contributed by atoms with Gasteiger partial charge < -0.3 is 10.6 Å². The average Bonchev–Trinajstić information content (AvgIpc) is 2.73. The number of hydrogen-bond donors (Lipinski definition) is 2. The van der Waals surface area contributed by atoms with Crippen molar-refractivity contribution >= 4 is 17.2 Å². The van der Waals surface area contributed by atoms with Gasteiger partial charge in [-0.15, -0.1) is 0 Å². The summed E-state index contributed by atoms with van der Waals surface area (Å²) >= 11 is 0. The average molecular weight is 399 g/mol. The van der Waals surface area contributed by atoms with Crippen LogP contribution in [-0.4, -0.2) is 23.8 Å². The fourth-order valence-electron chi connectivity index (χ4n) is 4.06. The minimum absolute atomic E-state index is 0.109. The number of nitrogens with zero attached hydrogens (tertiary/aromatic N) is 2. The molecule has 2 unspecified atom stereocenters. The summed E-state index contributed by atoms with van der Waals surface area (Å²) in [4.78, 5) is 9.53. The van der Waals surface area contributed by atoms with Crippen molar-refractivity contribution in [1.29, 1.82) is 0 Å². The van der Waals surface area contributed by atoms with Crippen LogP contribution in [0.25, 0.3) is 16.8 Å². The SMILES string of the molecule is CC1=NC(c2ccc(-c3ccc(C4=NC(C)NC(C)=C4C)cc3)cc2)=C(C)C(C)N1. The summed E-state index contributed by atoms with van der Waals surface area (Å²) < 4.78 is 0. The molecule has 2 aromatic carbocycles. The van der Waals surface area contributed by atoms with E-state index in [0.717, 1.165) is 28.4 Å². The number of allylic oxidation sites excluding steroid dienone is 2. The monoisotopic (exact) mass is 398 g/mol. The smallest absolute Gasteiger partial charge is 0.116 e. The molecule has 2 N–H and O–H groups in total. The molecule has 0 radical (unpaired) electrons. The first-order valence-electron chi connectivity index (χ1n) is 10.6. The molecule has 0 amide bonds. The Morgan fingerprint density at radius 2 is 1.23 bits per heavy atom. The van der Waals surface area contributed by atoms with Crippen molar-refractivity contribution in [3.63, 3.8) is 0 Å². The van der Waals surface area contributed by atoms with Gasteiger partial charge in [-0.3, -0.25) is 4.99 Å². The molecule has 2 aliphatic heterocycles. The second-order valence-corrected chi connectivity index (χ2v) is 8.30. The van der Waals surface area contributed by atoms with Crippen molar-refractivity contribution in [3.05, 3.63) is 76.5 Å². The van der Waals surface area contributed by atoms with Gasteiger partial charge in [-0.2, -0.15) is 0 Å². The van der Waals surface area contributed by atoms with Crippen LogP contribution in [0.15, 0.2) is 75.4 Å². The van der Waals surface area contributed by atoms with E-state index in [0.29, 0.717) is 6.04 Å². The maximum absolute atomic E-state index is 4.79. The molecule has 4 heteroatoms. The molecular formula is C26H30N4. The Morgan fingerprint density at radius 3 is 1.83 bits per heavy atom. The lowest BCUT2D eigenvalue weighted by Crippen LogP contribution is -2.34. The van der Waals surface area contributed by atoms with Crippen LogP contribution in [0.2, 0.25) is 0 Å². The van der Waals surface area contributed by atoms with Gasteiger partial charge >= 0.3 is 0 Å². The zero-order chi connectivity index (χ0) is 21.4. The Morgan fingerprint density at radius 1 is 0.700 bits per heavy atom. The number of rotatable bonds is 3. The van der Waals surface area contributed by atoms with Crippen molar-refractivity contribution in [1.82, 2.24) is 10.6 Å². The quantitative estimate of drug-likeness (QED) is 0.714. The first-order valence-corrected chi connectivity index (χ1v) is 10.6. The number of aliphatic imine (C=N–C) groups is 2. The number of hydrogen-bond acceptors (Lipinski definition) is 4. The number of nitrogens with one attached hydrogen (secondary N) is 2. The van der Waals surface area contributed by atoms with E-state index in [-0.39, 0.29) is 6.17 Å². The van der Waals surface area contributed by atoms with E-state index in [4.69, 9.17) is 9.98 Å². The largest absolute Gasteiger partial charge is 0.367 e. The number of benzene rings is 2. The van der Waals surface area contributed by atoms with Crippen LogP contribution in [0.3, 0.4) is 0 Å². The molecule has 0 aromatic heterocycles. The van der Waals surface area contributed by atoms with Gasteiger partial charge in [0, 0.05) is 22.9 Å². The molecule has 0 aliphatic carbocycles. The van der Waals surface area contributed by atoms with Gasteiger partial charge in [0.1, 0.15) is 6.17 Å². The lowest BCUT2D eigenvalue weighted by molar-refractivity contribution is 0.629. The third kappa shape index (κ3) is 3.82. The van der Waals surface area contributed by atoms with Crippen LogP contribution in [0.1, 0.15) is 52.7 Å². The molecule has 2 atom stereocenters. The Bertz CT molecular complexity index is 1080. The molecule has 0 spiro atoms. The Labute approximate surface area is 179 Å². The fraction of sp³-hybridized carbons (Fsp3) is 0.308. The summed E-state index contributed by atoms with van der Waals surface area (Å²) in [5.74, 6) is 0.970. The molecule has 0 fully saturated rings. The molecule has 2 aromatic rings. The van der Waals surface area contributed by atoms with E-state index in [1.807, 2.05) is 6.92 Å². The summed E-state index contributed by atoms with van der Waals surface area (Å²) in [5, 5.41) is 6.76. The van der Waals surface area contributed by atoms with Gasteiger partial charge in [0.2, 0.25) is 0 Å². The maximum Gasteiger partial charge on any atom is 0.116 e. The maximum atomic E-state index is 4.79. The highest BCUT2D eigenvalue weighted by molar-refractivity contribution is 6.13. The number of amidine groups is 1. The minimum atomic E-state index is 0.109. The van der Waals surface area contributed by atoms with Crippen molar-refractivity contribution in [2.75, 3.05) is 0 Å². The zero-order valence-corrected chi connectivity index (χ0v) is 18.7. The van der Waals surface area contributed by atoms with Gasteiger partial charge in [-0.25, -0.2) is 4.99 Å². The minimum Gasteiger partial charge on any atom is -0.367 e. The van der Waals surface area contributed by atoms with Crippen LogP contribution < -0.4 is 10.6 Å². The molecular weight excluding hydrogens is 368 g/mol. The lowest BCUT2D eigenvalue weighted by Gasteiger charge is -2.24. The van der Waals surface area contributed by atoms with E-state index >= 15 is 0 Å². The normalized spacial score (nSPS) is 21.7. The summed E-state index contributed by atoms with van der Waals surface area (Å²) in [5.41, 5.74) is 10.6. The third-order valence-electron chi connectivity index (χ3n) is 6.04. The Balaban J connectivity index is 1.60. The topological polar surface area (TPSA) is 48.8 Å². The second-order valence-electron chi connectivity index (χ2n) is 8.30. The van der Waals surface area contributed by atoms with Crippen molar-refractivity contribution in [2.45, 2.75) is 53.8 Å². The van der Waals surface area contributed by atoms with Gasteiger partial charge in [-0.05, 0) is 63.8 Å². The zero-order valence-electron chi connectivity index (χ0n) is 18.7. The summed E-state index contributed by atoms with van der Waals surface area (Å²) in [7, 11) is 0. The third-order valence-corrected chi connectivity index (χ3v) is 6.04. The summed E-state index contributed by atoms with van der Waals surface area (Å²) in [6, 6.07) is 17.7. The fourth-order valence-corrected chi connectivity index (χ4v) is 4.06. The molecule has 154 valence electrons. The van der Waals surface area contributed by atoms with Gasteiger partial charge in [0.05, 0.1) is 17.2 Å². The summed E-state index contributed by atoms with van der Waals surface area (Å²) in [6.45, 7) is 12.7. The summed E-state index contributed by atoms with van der Waals surface area (Å²) in [6.07, 6.45) is 0.109. The predicted molar refractivity (Wildman–Crippen MR) is 128 cm³/mol. The van der Waals surface area contributed by atoms with Crippen LogP contribution >= 0.6 is 0 Å². The predicted octanol–water partition coefficient (Wildman–Crippen LogP) is 5.53. The molecule has 0 bridgehead atoms. The van der Waals surface area contributed by atoms with E-state index in [1.165, 1.54) is 28.0 Å². The van der Waals surface area contributed by atoms with Crippen molar-refractivity contribution < 1.29 is 0 Å². The first kappa shape index (κ1) is 20.1. The second kappa shape index (κ2) is 7.94. The molecule has 4 nitrogen and oxygen atoms in total. The van der Waals surface area contributed by atoms with Crippen LogP contribution in [0.5, 0.6) is 0 Å².